The summed E-state index contributed by atoms with van der Waals surface area (Å²) in [5.74, 6) is -2.71. The highest BCUT2D eigenvalue weighted by atomic mass is 16.8. The van der Waals surface area contributed by atoms with E-state index in [4.69, 9.17) is 85.3 Å². The van der Waals surface area contributed by atoms with Crippen LogP contribution in [0.2, 0.25) is 0 Å². The number of nitrogens with zero attached hydrogens (tertiary/aromatic N) is 3. The van der Waals surface area contributed by atoms with Gasteiger partial charge in [-0.15, -0.1) is 0 Å². The predicted molar refractivity (Wildman–Crippen MR) is 429 cm³/mol. The second kappa shape index (κ2) is 45.0. The van der Waals surface area contributed by atoms with E-state index in [-0.39, 0.29) is 78.4 Å². The first kappa shape index (κ1) is 87.8. The average Bonchev–Trinajstić information content (AvgIpc) is 0.758. The zero-order valence-corrected chi connectivity index (χ0v) is 67.1. The number of nitrogens with one attached hydrogen (secondary N) is 3. The number of methoxy groups -OCH3 is 1. The summed E-state index contributed by atoms with van der Waals surface area (Å²) < 4.78 is 123. The monoisotopic (exact) mass is 1630 g/mol. The third kappa shape index (κ3) is 25.7. The molecule has 8 aromatic carbocycles. The normalized spacial score (nSPS) is 26.6. The Bertz CT molecular complexity index is 4460. The molecule has 4 aliphatic heterocycles. The molecule has 3 N–H and O–H groups in total. The molecule has 0 unspecified atom stereocenters. The smallest absolute Gasteiger partial charge is 0.303 e. The number of amides is 3. The summed E-state index contributed by atoms with van der Waals surface area (Å²) >= 11 is 0. The van der Waals surface area contributed by atoms with E-state index in [1.165, 1.54) is 41.7 Å². The predicted octanol–water partition coefficient (Wildman–Crippen LogP) is 10.8. The lowest BCUT2D eigenvalue weighted by molar-refractivity contribution is -0.366. The maximum atomic E-state index is 14.4. The van der Waals surface area contributed by atoms with Crippen LogP contribution >= 0.6 is 0 Å². The Kier molecular flexibility index (Phi) is 33.2. The van der Waals surface area contributed by atoms with Crippen molar-refractivity contribution in [2.24, 2.45) is 5.11 Å². The Morgan fingerprint density at radius 2 is 0.613 bits per heavy atom. The quantitative estimate of drug-likeness (QED) is 0.0139. The standard InChI is InChI=1S/C90H102N6O23/c1-57(97)92-75-83(108-51-67-38-24-12-25-39-67)80(117-90-78(95-96-91)84(109-52-68-40-26-13-27-41-68)79(107-50-66-36-22-11-23-37-66)71(113-90)53-103-46-62-28-14-7-15-29-62)72(54-104-47-63-30-16-8-17-31-63)115-88(75)118-82-74(56-106-49-65-34-20-10-21-35-65)116-89(77(94-59(3)99)86(82)111-61(5)101)119-81-73(55-105-48-64-32-18-9-19-33-64)114-87(112-70-44-42-69(102-6)43-45-70)76(93-58(2)98)85(81)110-60(4)100/h7-45,71-90H,46-56H2,1-6H3,(H,92,97)(H,93,98)(H,94,99)/t71-,72-,73-,74-,75-,76-,77-,78-,79-,80-,81-,82-,83-,84-,85-,86-,87-,88+,89+,90+/m1/s1. The number of rotatable bonds is 40. The topological polar surface area (TPSA) is 336 Å². The number of hydrogen-bond acceptors (Lipinski definition) is 24. The van der Waals surface area contributed by atoms with E-state index in [1.54, 1.807) is 24.3 Å². The molecule has 119 heavy (non-hydrogen) atoms. The van der Waals surface area contributed by atoms with E-state index >= 15 is 0 Å². The molecule has 8 aromatic rings. The molecule has 0 spiro atoms. The number of ether oxygens (including phenoxy) is 18. The Labute approximate surface area is 691 Å². The van der Waals surface area contributed by atoms with Crippen LogP contribution in [0.4, 0.5) is 0 Å². The third-order valence-electron chi connectivity index (χ3n) is 20.1. The molecule has 29 heteroatoms. The van der Waals surface area contributed by atoms with Crippen LogP contribution in [0.15, 0.2) is 242 Å². The zero-order valence-electron chi connectivity index (χ0n) is 67.1. The van der Waals surface area contributed by atoms with Crippen LogP contribution in [-0.2, 0) is 146 Å². The second-order valence-corrected chi connectivity index (χ2v) is 29.1. The van der Waals surface area contributed by atoms with Gasteiger partial charge in [0.05, 0.1) is 79.8 Å². The number of azide groups is 1. The minimum absolute atomic E-state index is 0.00602. The number of carbonyl (C=O) groups excluding carboxylic acids is 5. The highest BCUT2D eigenvalue weighted by Gasteiger charge is 2.59. The number of hydrogen-bond donors (Lipinski definition) is 3. The van der Waals surface area contributed by atoms with Crippen LogP contribution in [0.25, 0.3) is 10.4 Å². The van der Waals surface area contributed by atoms with Gasteiger partial charge in [0, 0.05) is 39.5 Å². The second-order valence-electron chi connectivity index (χ2n) is 29.1. The lowest BCUT2D eigenvalue weighted by Gasteiger charge is -2.52. The van der Waals surface area contributed by atoms with Crippen LogP contribution in [0, 0.1) is 0 Å². The summed E-state index contributed by atoms with van der Waals surface area (Å²) in [5, 5.41) is 13.3. The Morgan fingerprint density at radius 1 is 0.336 bits per heavy atom. The lowest BCUT2D eigenvalue weighted by atomic mass is 9.92. The van der Waals surface area contributed by atoms with Crippen molar-refractivity contribution in [1.29, 1.82) is 0 Å². The van der Waals surface area contributed by atoms with Crippen LogP contribution in [0.5, 0.6) is 11.5 Å². The maximum absolute atomic E-state index is 14.4. The van der Waals surface area contributed by atoms with E-state index in [2.05, 4.69) is 26.0 Å². The minimum Gasteiger partial charge on any atom is -0.497 e. The molecule has 4 fully saturated rings. The Morgan fingerprint density at radius 3 is 0.950 bits per heavy atom. The van der Waals surface area contributed by atoms with Crippen molar-refractivity contribution >= 4 is 29.7 Å². The van der Waals surface area contributed by atoms with Gasteiger partial charge in [-0.05, 0) is 68.7 Å². The third-order valence-corrected chi connectivity index (χ3v) is 20.1. The summed E-state index contributed by atoms with van der Waals surface area (Å²) in [6.07, 6.45) is -22.6. The first-order chi connectivity index (χ1) is 58.0. The highest BCUT2D eigenvalue weighted by Crippen LogP contribution is 2.40. The van der Waals surface area contributed by atoms with Gasteiger partial charge in [0.2, 0.25) is 24.0 Å². The Balaban J connectivity index is 0.959. The minimum atomic E-state index is -1.75. The van der Waals surface area contributed by atoms with Crippen molar-refractivity contribution in [2.45, 2.75) is 203 Å². The van der Waals surface area contributed by atoms with Gasteiger partial charge in [0.25, 0.3) is 0 Å². The number of carbonyl (C=O) groups is 5. The molecule has 0 bridgehead atoms. The zero-order chi connectivity index (χ0) is 83.2. The summed E-state index contributed by atoms with van der Waals surface area (Å²) in [6.45, 7) is 5.35. The molecular formula is C90H102N6O23. The van der Waals surface area contributed by atoms with Gasteiger partial charge in [0.1, 0.15) is 96.7 Å². The average molecular weight is 1640 g/mol. The fraction of sp³-hybridized carbons (Fsp3) is 0.411. The maximum Gasteiger partial charge on any atom is 0.303 e. The number of benzene rings is 8. The molecule has 4 aliphatic rings. The molecule has 29 nitrogen and oxygen atoms in total. The van der Waals surface area contributed by atoms with Gasteiger partial charge < -0.3 is 101 Å². The molecule has 20 atom stereocenters. The van der Waals surface area contributed by atoms with Gasteiger partial charge in [-0.3, -0.25) is 24.0 Å². The molecule has 0 aromatic heterocycles. The molecule has 0 radical (unpaired) electrons. The fourth-order valence-electron chi connectivity index (χ4n) is 14.7. The summed E-state index contributed by atoms with van der Waals surface area (Å²) in [4.78, 5) is 73.4. The van der Waals surface area contributed by atoms with Crippen molar-refractivity contribution in [3.8, 4) is 11.5 Å². The first-order valence-corrected chi connectivity index (χ1v) is 39.5. The summed E-state index contributed by atoms with van der Waals surface area (Å²) in [7, 11) is 1.52. The van der Waals surface area contributed by atoms with Gasteiger partial charge in [-0.25, -0.2) is 0 Å². The summed E-state index contributed by atoms with van der Waals surface area (Å²) in [6, 6.07) is 66.7. The molecule has 4 heterocycles. The van der Waals surface area contributed by atoms with Crippen LogP contribution in [0.3, 0.4) is 0 Å². The van der Waals surface area contributed by atoms with Crippen molar-refractivity contribution < 1.29 is 109 Å². The van der Waals surface area contributed by atoms with Crippen molar-refractivity contribution in [2.75, 3.05) is 33.5 Å². The van der Waals surface area contributed by atoms with Gasteiger partial charge >= 0.3 is 11.9 Å². The molecular weight excluding hydrogens is 1530 g/mol. The van der Waals surface area contributed by atoms with Gasteiger partial charge in [-0.1, -0.05) is 217 Å². The van der Waals surface area contributed by atoms with Crippen LogP contribution in [-0.4, -0.2) is 186 Å². The lowest BCUT2D eigenvalue weighted by Crippen LogP contribution is -2.72. The van der Waals surface area contributed by atoms with Gasteiger partial charge in [0.15, 0.2) is 31.1 Å². The highest BCUT2D eigenvalue weighted by molar-refractivity contribution is 5.74. The summed E-state index contributed by atoms with van der Waals surface area (Å²) in [5.41, 5.74) is 16.4. The van der Waals surface area contributed by atoms with Crippen LogP contribution in [0.1, 0.15) is 73.6 Å². The van der Waals surface area contributed by atoms with E-state index in [0.29, 0.717) is 11.3 Å². The molecule has 630 valence electrons. The van der Waals surface area contributed by atoms with Crippen LogP contribution < -0.4 is 25.4 Å². The largest absolute Gasteiger partial charge is 0.497 e. The molecule has 0 saturated carbocycles. The fourth-order valence-corrected chi connectivity index (χ4v) is 14.7. The van der Waals surface area contributed by atoms with E-state index in [1.807, 2.05) is 212 Å². The Hall–Kier alpha value is -10.5. The van der Waals surface area contributed by atoms with Gasteiger partial charge in [-0.2, -0.15) is 0 Å². The van der Waals surface area contributed by atoms with Crippen molar-refractivity contribution in [3.63, 3.8) is 0 Å². The van der Waals surface area contributed by atoms with E-state index in [0.717, 1.165) is 33.4 Å². The SMILES string of the molecule is COc1ccc(O[C@@H]2O[C@H](COCc3ccccc3)[C@@H](O[C@@H]3O[C@H](COCc4ccccc4)[C@@H](O[C@@H]4O[C@H](COCc5ccccc5)[C@@H](O[C@@H]5O[C@H](COCc6ccccc6)[C@@H](OCc6ccccc6)[C@H](OCc6ccccc6)[C@H]5N=[N+]=[N-])[C@H](OCc5ccccc5)[C@H]4NC(C)=O)[C@H](OC(C)=O)[C@H]3NC(C)=O)[C@H](OC(C)=O)[C@H]2NC(C)=O)cc1. The number of esters is 2. The first-order valence-electron chi connectivity index (χ1n) is 39.5. The molecule has 4 saturated heterocycles. The molecule has 12 rings (SSSR count). The van der Waals surface area contributed by atoms with E-state index < -0.39 is 152 Å². The molecule has 3 amide bonds. The van der Waals surface area contributed by atoms with Crippen molar-refractivity contribution in [3.05, 3.63) is 286 Å². The van der Waals surface area contributed by atoms with E-state index in [9.17, 15) is 29.5 Å². The van der Waals surface area contributed by atoms with Crippen molar-refractivity contribution in [1.82, 2.24) is 16.0 Å². The molecule has 0 aliphatic carbocycles.